The molecule has 0 aromatic rings. The second-order valence-corrected chi connectivity index (χ2v) is 9.23. The van der Waals surface area contributed by atoms with Crippen LogP contribution in [-0.4, -0.2) is 36.6 Å². The lowest BCUT2D eigenvalue weighted by Crippen LogP contribution is -2.62. The van der Waals surface area contributed by atoms with Gasteiger partial charge in [0.1, 0.15) is 0 Å². The Morgan fingerprint density at radius 2 is 1.90 bits per heavy atom. The van der Waals surface area contributed by atoms with E-state index in [1.54, 1.807) is 0 Å². The number of rotatable bonds is 3. The van der Waals surface area contributed by atoms with E-state index >= 15 is 0 Å². The molecule has 4 atom stereocenters. The van der Waals surface area contributed by atoms with Gasteiger partial charge in [-0.25, -0.2) is 0 Å². The number of nitrogens with zero attached hydrogens (tertiary/aromatic N) is 1. The van der Waals surface area contributed by atoms with Crippen molar-refractivity contribution < 1.29 is 0 Å². The van der Waals surface area contributed by atoms with Gasteiger partial charge in [0.2, 0.25) is 0 Å². The first-order chi connectivity index (χ1) is 9.77. The van der Waals surface area contributed by atoms with Crippen molar-refractivity contribution in [3.8, 4) is 0 Å². The van der Waals surface area contributed by atoms with Crippen LogP contribution in [0.5, 0.6) is 0 Å². The molecule has 0 aromatic carbocycles. The molecule has 0 spiro atoms. The molecular weight excluding hydrogens is 256 g/mol. The molecule has 0 radical (unpaired) electrons. The highest BCUT2D eigenvalue weighted by Crippen LogP contribution is 2.32. The average Bonchev–Trinajstić information content (AvgIpc) is 2.37. The van der Waals surface area contributed by atoms with Crippen molar-refractivity contribution in [1.82, 2.24) is 10.2 Å². The number of piperazine rings is 1. The molecular formula is C19H38N2. The summed E-state index contributed by atoms with van der Waals surface area (Å²) < 4.78 is 0. The molecule has 1 N–H and O–H groups in total. The summed E-state index contributed by atoms with van der Waals surface area (Å²) in [6, 6.07) is 1.36. The maximum Gasteiger partial charge on any atom is 0.0244 e. The average molecular weight is 295 g/mol. The van der Waals surface area contributed by atoms with E-state index in [0.717, 1.165) is 23.8 Å². The van der Waals surface area contributed by atoms with Crippen LogP contribution in [-0.2, 0) is 0 Å². The maximum atomic E-state index is 3.82. The van der Waals surface area contributed by atoms with Crippen LogP contribution in [0, 0.1) is 23.2 Å². The standard InChI is InChI=1S/C19H38N2/c1-14(2)17-11-20-18(19(4,5)6)13-21(17)12-16-9-7-8-15(3)10-16/h14-18,20H,7-13H2,1-6H3. The van der Waals surface area contributed by atoms with E-state index in [0.29, 0.717) is 11.5 Å². The fourth-order valence-electron chi connectivity index (χ4n) is 4.33. The van der Waals surface area contributed by atoms with E-state index in [1.807, 2.05) is 0 Å². The van der Waals surface area contributed by atoms with Gasteiger partial charge in [0.15, 0.2) is 0 Å². The van der Waals surface area contributed by atoms with Crippen LogP contribution in [0.25, 0.3) is 0 Å². The van der Waals surface area contributed by atoms with Gasteiger partial charge in [-0.05, 0) is 36.0 Å². The van der Waals surface area contributed by atoms with Gasteiger partial charge in [0.05, 0.1) is 0 Å². The van der Waals surface area contributed by atoms with Crippen molar-refractivity contribution in [1.29, 1.82) is 0 Å². The van der Waals surface area contributed by atoms with Crippen LogP contribution in [0.15, 0.2) is 0 Å². The largest absolute Gasteiger partial charge is 0.311 e. The minimum Gasteiger partial charge on any atom is -0.311 e. The highest BCUT2D eigenvalue weighted by Gasteiger charge is 2.36. The summed E-state index contributed by atoms with van der Waals surface area (Å²) in [6.45, 7) is 18.1. The number of hydrogen-bond donors (Lipinski definition) is 1. The zero-order chi connectivity index (χ0) is 15.6. The molecule has 2 aliphatic rings. The number of hydrogen-bond acceptors (Lipinski definition) is 2. The molecule has 1 aliphatic heterocycles. The third kappa shape index (κ3) is 4.69. The van der Waals surface area contributed by atoms with Gasteiger partial charge in [0, 0.05) is 31.7 Å². The van der Waals surface area contributed by atoms with E-state index in [-0.39, 0.29) is 0 Å². The lowest BCUT2D eigenvalue weighted by atomic mass is 9.80. The Hall–Kier alpha value is -0.0800. The third-order valence-corrected chi connectivity index (χ3v) is 5.81. The molecule has 2 fully saturated rings. The molecule has 2 heteroatoms. The van der Waals surface area contributed by atoms with Crippen LogP contribution < -0.4 is 5.32 Å². The Kier molecular flexibility index (Phi) is 5.76. The summed E-state index contributed by atoms with van der Waals surface area (Å²) in [4.78, 5) is 2.83. The van der Waals surface area contributed by atoms with E-state index < -0.39 is 0 Å². The molecule has 1 heterocycles. The molecule has 4 unspecified atom stereocenters. The Bertz CT molecular complexity index is 318. The zero-order valence-corrected chi connectivity index (χ0v) is 15.3. The first kappa shape index (κ1) is 17.3. The van der Waals surface area contributed by atoms with E-state index in [4.69, 9.17) is 0 Å². The lowest BCUT2D eigenvalue weighted by molar-refractivity contribution is 0.0423. The summed E-state index contributed by atoms with van der Waals surface area (Å²) in [5.74, 6) is 2.63. The Labute approximate surface area is 133 Å². The van der Waals surface area contributed by atoms with Gasteiger partial charge in [-0.15, -0.1) is 0 Å². The predicted molar refractivity (Wildman–Crippen MR) is 92.6 cm³/mol. The topological polar surface area (TPSA) is 15.3 Å². The minimum absolute atomic E-state index is 0.361. The minimum atomic E-state index is 0.361. The summed E-state index contributed by atoms with van der Waals surface area (Å²) in [5.41, 5.74) is 0.361. The first-order valence-corrected chi connectivity index (χ1v) is 9.24. The van der Waals surface area contributed by atoms with Gasteiger partial charge in [0.25, 0.3) is 0 Å². The van der Waals surface area contributed by atoms with Gasteiger partial charge in [-0.1, -0.05) is 54.4 Å². The van der Waals surface area contributed by atoms with Gasteiger partial charge in [-0.3, -0.25) is 4.90 Å². The fraction of sp³-hybridized carbons (Fsp3) is 1.00. The monoisotopic (exact) mass is 294 g/mol. The summed E-state index contributed by atoms with van der Waals surface area (Å²) in [6.07, 6.45) is 5.82. The molecule has 0 amide bonds. The van der Waals surface area contributed by atoms with Crippen molar-refractivity contribution in [2.75, 3.05) is 19.6 Å². The van der Waals surface area contributed by atoms with Gasteiger partial charge >= 0.3 is 0 Å². The molecule has 1 saturated carbocycles. The normalized spacial score (nSPS) is 36.1. The number of nitrogens with one attached hydrogen (secondary N) is 1. The molecule has 1 aliphatic carbocycles. The van der Waals surface area contributed by atoms with E-state index in [2.05, 4.69) is 51.8 Å². The van der Waals surface area contributed by atoms with Crippen molar-refractivity contribution in [2.45, 2.75) is 79.3 Å². The smallest absolute Gasteiger partial charge is 0.0244 e. The van der Waals surface area contributed by atoms with E-state index in [1.165, 1.54) is 45.3 Å². The maximum absolute atomic E-state index is 3.82. The van der Waals surface area contributed by atoms with Crippen LogP contribution in [0.2, 0.25) is 0 Å². The van der Waals surface area contributed by atoms with Crippen LogP contribution in [0.3, 0.4) is 0 Å². The van der Waals surface area contributed by atoms with Crippen molar-refractivity contribution >= 4 is 0 Å². The molecule has 2 rings (SSSR count). The summed E-state index contributed by atoms with van der Waals surface area (Å²) in [7, 11) is 0. The molecule has 21 heavy (non-hydrogen) atoms. The SMILES string of the molecule is CC1CCCC(CN2CC(C(C)(C)C)NCC2C(C)C)C1. The molecule has 1 saturated heterocycles. The molecule has 124 valence electrons. The second-order valence-electron chi connectivity index (χ2n) is 9.23. The third-order valence-electron chi connectivity index (χ3n) is 5.81. The Morgan fingerprint density at radius 1 is 1.19 bits per heavy atom. The molecule has 2 nitrogen and oxygen atoms in total. The highest BCUT2D eigenvalue weighted by atomic mass is 15.2. The van der Waals surface area contributed by atoms with Crippen LogP contribution >= 0.6 is 0 Å². The Morgan fingerprint density at radius 3 is 2.48 bits per heavy atom. The van der Waals surface area contributed by atoms with Crippen LogP contribution in [0.1, 0.15) is 67.2 Å². The molecule has 0 bridgehead atoms. The molecule has 0 aromatic heterocycles. The second kappa shape index (κ2) is 7.00. The van der Waals surface area contributed by atoms with Gasteiger partial charge in [-0.2, -0.15) is 0 Å². The zero-order valence-electron chi connectivity index (χ0n) is 15.3. The lowest BCUT2D eigenvalue weighted by Gasteiger charge is -2.48. The van der Waals surface area contributed by atoms with Crippen molar-refractivity contribution in [2.24, 2.45) is 23.2 Å². The van der Waals surface area contributed by atoms with E-state index in [9.17, 15) is 0 Å². The first-order valence-electron chi connectivity index (χ1n) is 9.24. The fourth-order valence-corrected chi connectivity index (χ4v) is 4.33. The predicted octanol–water partition coefficient (Wildman–Crippen LogP) is 4.16. The summed E-state index contributed by atoms with van der Waals surface area (Å²) in [5, 5.41) is 3.82. The Balaban J connectivity index is 2.00. The highest BCUT2D eigenvalue weighted by molar-refractivity contribution is 4.93. The quantitative estimate of drug-likeness (QED) is 0.841. The van der Waals surface area contributed by atoms with Crippen LogP contribution in [0.4, 0.5) is 0 Å². The summed E-state index contributed by atoms with van der Waals surface area (Å²) >= 11 is 0. The van der Waals surface area contributed by atoms with Crippen molar-refractivity contribution in [3.63, 3.8) is 0 Å². The van der Waals surface area contributed by atoms with Gasteiger partial charge < -0.3 is 5.32 Å². The van der Waals surface area contributed by atoms with Crippen molar-refractivity contribution in [3.05, 3.63) is 0 Å².